The maximum Gasteiger partial charge on any atom is 0.261 e. The van der Waals surface area contributed by atoms with Gasteiger partial charge in [-0.25, -0.2) is 9.97 Å². The van der Waals surface area contributed by atoms with Crippen molar-refractivity contribution in [2.45, 2.75) is 32.7 Å². The quantitative estimate of drug-likeness (QED) is 0.140. The molecular weight excluding hydrogens is 657 g/mol. The van der Waals surface area contributed by atoms with Gasteiger partial charge in [-0.2, -0.15) is 8.42 Å². The van der Waals surface area contributed by atoms with Gasteiger partial charge >= 0.3 is 0 Å². The summed E-state index contributed by atoms with van der Waals surface area (Å²) in [5, 5.41) is 0. The van der Waals surface area contributed by atoms with E-state index in [1.54, 1.807) is 25.7 Å². The summed E-state index contributed by atoms with van der Waals surface area (Å²) in [4.78, 5) is 36.0. The number of ketones is 1. The van der Waals surface area contributed by atoms with Crippen LogP contribution in [-0.2, 0) is 27.8 Å². The fourth-order valence-electron chi connectivity index (χ4n) is 5.75. The third-order valence-electron chi connectivity index (χ3n) is 8.38. The first-order chi connectivity index (χ1) is 23.9. The van der Waals surface area contributed by atoms with Crippen molar-refractivity contribution in [3.8, 4) is 39.3 Å². The Morgan fingerprint density at radius 3 is 2.24 bits per heavy atom. The lowest BCUT2D eigenvalue weighted by Crippen LogP contribution is -2.25. The zero-order chi connectivity index (χ0) is 35.8. The van der Waals surface area contributed by atoms with Crippen molar-refractivity contribution in [3.63, 3.8) is 0 Å². The van der Waals surface area contributed by atoms with E-state index in [-0.39, 0.29) is 23.2 Å². The third-order valence-corrected chi connectivity index (χ3v) is 8.38. The number of hydrogen-bond donors (Lipinski definition) is 2. The van der Waals surface area contributed by atoms with Crippen LogP contribution in [0.4, 0.5) is 5.82 Å². The Morgan fingerprint density at radius 1 is 0.940 bits per heavy atom. The van der Waals surface area contributed by atoms with E-state index in [9.17, 15) is 18.0 Å². The number of nitrogens with two attached hydrogens (primary N) is 1. The summed E-state index contributed by atoms with van der Waals surface area (Å²) in [6, 6.07) is 21.2. The SMILES string of the molecule is COc1cc(-c2cnc(N)c(-c3ccc(CC(=O)c4cn(CC5CCOCC5)cc(-c5ccc(C)cc5)c4=O)cc3)c2)ccn1.CS(=O)(=O)O. The molecule has 3 aromatic heterocycles. The van der Waals surface area contributed by atoms with Gasteiger partial charge in [0.05, 0.1) is 18.9 Å². The number of carbonyl (C=O) groups excluding carboxylic acids is 1. The number of pyridine rings is 3. The first kappa shape index (κ1) is 36.1. The highest BCUT2D eigenvalue weighted by Crippen LogP contribution is 2.31. The monoisotopic (exact) mass is 696 g/mol. The number of nitrogen functional groups attached to an aromatic ring is 1. The van der Waals surface area contributed by atoms with Crippen molar-refractivity contribution in [3.05, 3.63) is 118 Å². The Balaban J connectivity index is 0.000000908. The van der Waals surface area contributed by atoms with Crippen LogP contribution < -0.4 is 15.9 Å². The lowest BCUT2D eigenvalue weighted by molar-refractivity contribution is 0.0612. The van der Waals surface area contributed by atoms with E-state index >= 15 is 0 Å². The number of Topliss-reactive ketones (excluding diaryl/α,β-unsaturated/α-hetero) is 1. The second-order valence-electron chi connectivity index (χ2n) is 12.3. The molecule has 1 fully saturated rings. The predicted octanol–water partition coefficient (Wildman–Crippen LogP) is 5.89. The van der Waals surface area contributed by atoms with E-state index in [2.05, 4.69) is 9.97 Å². The molecule has 6 rings (SSSR count). The average Bonchev–Trinajstić information content (AvgIpc) is 3.10. The normalized spacial score (nSPS) is 13.3. The van der Waals surface area contributed by atoms with E-state index in [4.69, 9.17) is 19.8 Å². The van der Waals surface area contributed by atoms with E-state index in [0.717, 1.165) is 71.5 Å². The van der Waals surface area contributed by atoms with E-state index in [0.29, 0.717) is 29.4 Å². The summed E-state index contributed by atoms with van der Waals surface area (Å²) in [5.41, 5.74) is 12.9. The molecule has 3 N–H and O–H groups in total. The molecule has 0 aliphatic carbocycles. The molecule has 50 heavy (non-hydrogen) atoms. The van der Waals surface area contributed by atoms with Crippen LogP contribution in [0.3, 0.4) is 0 Å². The molecule has 11 nitrogen and oxygen atoms in total. The van der Waals surface area contributed by atoms with Gasteiger partial charge in [0.15, 0.2) is 11.2 Å². The average molecular weight is 697 g/mol. The predicted molar refractivity (Wildman–Crippen MR) is 194 cm³/mol. The number of methoxy groups -OCH3 is 1. The number of hydrogen-bond acceptors (Lipinski definition) is 9. The minimum Gasteiger partial charge on any atom is -0.481 e. The molecule has 1 saturated heterocycles. The van der Waals surface area contributed by atoms with Crippen LogP contribution in [0.15, 0.2) is 96.3 Å². The molecule has 260 valence electrons. The van der Waals surface area contributed by atoms with E-state index in [1.807, 2.05) is 84.4 Å². The number of aryl methyl sites for hydroxylation is 1. The Labute approximate surface area is 291 Å². The Hall–Kier alpha value is -5.17. The Morgan fingerprint density at radius 2 is 1.58 bits per heavy atom. The van der Waals surface area contributed by atoms with Gasteiger partial charge in [-0.1, -0.05) is 54.1 Å². The molecule has 0 bridgehead atoms. The van der Waals surface area contributed by atoms with Crippen LogP contribution >= 0.6 is 0 Å². The third kappa shape index (κ3) is 9.71. The Bertz CT molecular complexity index is 2120. The molecule has 0 unspecified atom stereocenters. The second-order valence-corrected chi connectivity index (χ2v) is 13.8. The number of anilines is 1. The smallest absolute Gasteiger partial charge is 0.261 e. The van der Waals surface area contributed by atoms with Crippen LogP contribution in [0.25, 0.3) is 33.4 Å². The van der Waals surface area contributed by atoms with Crippen molar-refractivity contribution in [1.29, 1.82) is 0 Å². The maximum absolute atomic E-state index is 13.7. The number of rotatable bonds is 9. The number of ether oxygens (including phenoxy) is 2. The zero-order valence-corrected chi connectivity index (χ0v) is 29.0. The van der Waals surface area contributed by atoms with Crippen molar-refractivity contribution in [2.24, 2.45) is 5.92 Å². The summed E-state index contributed by atoms with van der Waals surface area (Å²) < 4.78 is 38.7. The van der Waals surface area contributed by atoms with Crippen LogP contribution in [0.5, 0.6) is 5.88 Å². The number of nitrogens with zero attached hydrogens (tertiary/aromatic N) is 3. The lowest BCUT2D eigenvalue weighted by Gasteiger charge is -2.23. The zero-order valence-electron chi connectivity index (χ0n) is 28.2. The topological polar surface area (TPSA) is 164 Å². The molecule has 0 spiro atoms. The van der Waals surface area contributed by atoms with E-state index < -0.39 is 10.1 Å². The minimum absolute atomic E-state index is 0.106. The first-order valence-electron chi connectivity index (χ1n) is 16.1. The van der Waals surface area contributed by atoms with Gasteiger partial charge in [-0.15, -0.1) is 0 Å². The molecule has 0 saturated carbocycles. The standard InChI is InChI=1S/C37H36N4O4.CH4O3S/c1-24-3-7-28(8-4-24)32-22-41(21-26-12-15-45-16-13-26)23-33(36(32)43)34(42)17-25-5-9-27(10-6-25)31-18-30(20-40-37(31)38)29-11-14-39-35(19-29)44-2;1-5(2,3)4/h3-11,14,18-20,22-23,26H,12-13,15-17,21H2,1-2H3,(H2,38,40);1H3,(H,2,3,4). The molecule has 1 aliphatic heterocycles. The summed E-state index contributed by atoms with van der Waals surface area (Å²) in [7, 11) is -2.09. The van der Waals surface area contributed by atoms with Crippen molar-refractivity contribution >= 4 is 21.7 Å². The van der Waals surface area contributed by atoms with Crippen molar-refractivity contribution in [1.82, 2.24) is 14.5 Å². The lowest BCUT2D eigenvalue weighted by atomic mass is 9.96. The highest BCUT2D eigenvalue weighted by atomic mass is 32.2. The Kier molecular flexibility index (Phi) is 11.6. The van der Waals surface area contributed by atoms with Crippen LogP contribution in [0.1, 0.15) is 34.3 Å². The van der Waals surface area contributed by atoms with Gasteiger partial charge in [0, 0.05) is 73.7 Å². The highest BCUT2D eigenvalue weighted by Gasteiger charge is 2.20. The maximum atomic E-state index is 13.7. The fraction of sp³-hybridized carbons (Fsp3) is 0.263. The number of benzene rings is 2. The van der Waals surface area contributed by atoms with Gasteiger partial charge in [0.1, 0.15) is 5.82 Å². The van der Waals surface area contributed by atoms with Crippen LogP contribution in [-0.4, -0.2) is 59.9 Å². The molecule has 12 heteroatoms. The van der Waals surface area contributed by atoms with Crippen LogP contribution in [0.2, 0.25) is 0 Å². The van der Waals surface area contributed by atoms with Gasteiger partial charge in [0.2, 0.25) is 5.88 Å². The second kappa shape index (κ2) is 16.0. The van der Waals surface area contributed by atoms with Gasteiger partial charge < -0.3 is 19.8 Å². The van der Waals surface area contributed by atoms with Crippen molar-refractivity contribution in [2.75, 3.05) is 32.3 Å². The molecule has 2 aromatic carbocycles. The molecule has 0 amide bonds. The molecule has 4 heterocycles. The molecule has 0 atom stereocenters. The summed E-state index contributed by atoms with van der Waals surface area (Å²) in [6.07, 6.45) is 9.78. The van der Waals surface area contributed by atoms with Gasteiger partial charge in [-0.05, 0) is 60.1 Å². The van der Waals surface area contributed by atoms with Crippen molar-refractivity contribution < 1.29 is 27.2 Å². The minimum atomic E-state index is -3.67. The summed E-state index contributed by atoms with van der Waals surface area (Å²) >= 11 is 0. The molecule has 5 aromatic rings. The summed E-state index contributed by atoms with van der Waals surface area (Å²) in [5.74, 6) is 1.14. The van der Waals surface area contributed by atoms with E-state index in [1.165, 1.54) is 0 Å². The van der Waals surface area contributed by atoms with Gasteiger partial charge in [-0.3, -0.25) is 14.1 Å². The first-order valence-corrected chi connectivity index (χ1v) is 17.9. The summed E-state index contributed by atoms with van der Waals surface area (Å²) in [6.45, 7) is 4.22. The molecule has 1 aliphatic rings. The molecular formula is C38H40N4O7S. The fourth-order valence-corrected chi connectivity index (χ4v) is 5.75. The largest absolute Gasteiger partial charge is 0.481 e. The number of aromatic nitrogens is 3. The van der Waals surface area contributed by atoms with Crippen LogP contribution in [0, 0.1) is 12.8 Å². The molecule has 0 radical (unpaired) electrons. The highest BCUT2D eigenvalue weighted by molar-refractivity contribution is 7.85. The number of carbonyl (C=O) groups is 1. The van der Waals surface area contributed by atoms with Gasteiger partial charge in [0.25, 0.3) is 10.1 Å².